The van der Waals surface area contributed by atoms with E-state index in [0.29, 0.717) is 6.54 Å². The van der Waals surface area contributed by atoms with Crippen LogP contribution in [0.15, 0.2) is 41.6 Å². The van der Waals surface area contributed by atoms with Crippen molar-refractivity contribution in [3.05, 3.63) is 42.5 Å². The van der Waals surface area contributed by atoms with Gasteiger partial charge in [0.15, 0.2) is 0 Å². The fourth-order valence-corrected chi connectivity index (χ4v) is 2.70. The van der Waals surface area contributed by atoms with Gasteiger partial charge in [-0.1, -0.05) is 0 Å². The predicted molar refractivity (Wildman–Crippen MR) is 68.2 cm³/mol. The Bertz CT molecular complexity index is 655. The zero-order valence-electron chi connectivity index (χ0n) is 9.95. The Morgan fingerprint density at radius 2 is 2.21 bits per heavy atom. The number of nitrogens with one attached hydrogen (secondary N) is 1. The second-order valence-corrected chi connectivity index (χ2v) is 5.58. The lowest BCUT2D eigenvalue weighted by Crippen LogP contribution is -2.28. The lowest BCUT2D eigenvalue weighted by molar-refractivity contribution is 0.561. The highest BCUT2D eigenvalue weighted by molar-refractivity contribution is 7.89. The van der Waals surface area contributed by atoms with E-state index in [1.807, 2.05) is 0 Å². The van der Waals surface area contributed by atoms with E-state index in [1.165, 1.54) is 0 Å². The molecular formula is C11H13FN4O2S. The number of hydrogen-bond donors (Lipinski definition) is 2. The first kappa shape index (κ1) is 13.5. The summed E-state index contributed by atoms with van der Waals surface area (Å²) in [6, 6.07) is 4.91. The molecule has 102 valence electrons. The van der Waals surface area contributed by atoms with Gasteiger partial charge in [0.1, 0.15) is 10.7 Å². The molecule has 1 aromatic heterocycles. The number of anilines is 1. The van der Waals surface area contributed by atoms with Gasteiger partial charge in [-0.3, -0.25) is 4.68 Å². The Labute approximate surface area is 110 Å². The van der Waals surface area contributed by atoms with Gasteiger partial charge in [-0.25, -0.2) is 17.5 Å². The van der Waals surface area contributed by atoms with Crippen molar-refractivity contribution in [2.45, 2.75) is 11.4 Å². The highest BCUT2D eigenvalue weighted by atomic mass is 32.2. The second-order valence-electron chi connectivity index (χ2n) is 3.85. The minimum atomic E-state index is -3.74. The standard InChI is InChI=1S/C11H13FN4O2S/c12-9-2-3-11(10(13)8-9)19(17,18)15-5-7-16-6-1-4-14-16/h1-4,6,8,15H,5,7,13H2. The molecule has 3 N–H and O–H groups in total. The second kappa shape index (κ2) is 5.37. The number of sulfonamides is 1. The van der Waals surface area contributed by atoms with Gasteiger partial charge >= 0.3 is 0 Å². The van der Waals surface area contributed by atoms with Gasteiger partial charge in [-0.2, -0.15) is 5.10 Å². The van der Waals surface area contributed by atoms with Crippen LogP contribution in [0.2, 0.25) is 0 Å². The normalized spacial score (nSPS) is 11.6. The van der Waals surface area contributed by atoms with Gasteiger partial charge in [-0.05, 0) is 24.3 Å². The quantitative estimate of drug-likeness (QED) is 0.786. The highest BCUT2D eigenvalue weighted by Gasteiger charge is 2.17. The number of halogens is 1. The van der Waals surface area contributed by atoms with Crippen molar-refractivity contribution >= 4 is 15.7 Å². The molecule has 0 spiro atoms. The minimum Gasteiger partial charge on any atom is -0.398 e. The van der Waals surface area contributed by atoms with Gasteiger partial charge in [0.25, 0.3) is 0 Å². The molecule has 0 fully saturated rings. The lowest BCUT2D eigenvalue weighted by Gasteiger charge is -2.09. The number of nitrogens with two attached hydrogens (primary N) is 1. The first-order valence-electron chi connectivity index (χ1n) is 5.51. The maximum atomic E-state index is 12.9. The van der Waals surface area contributed by atoms with Crippen LogP contribution in [0.5, 0.6) is 0 Å². The van der Waals surface area contributed by atoms with Crippen molar-refractivity contribution in [2.24, 2.45) is 0 Å². The van der Waals surface area contributed by atoms with E-state index < -0.39 is 15.8 Å². The number of hydrogen-bond acceptors (Lipinski definition) is 4. The minimum absolute atomic E-state index is 0.119. The highest BCUT2D eigenvalue weighted by Crippen LogP contribution is 2.18. The Morgan fingerprint density at radius 3 is 2.84 bits per heavy atom. The summed E-state index contributed by atoms with van der Waals surface area (Å²) in [6.07, 6.45) is 3.33. The van der Waals surface area contributed by atoms with Crippen LogP contribution in [-0.4, -0.2) is 24.7 Å². The van der Waals surface area contributed by atoms with E-state index in [1.54, 1.807) is 23.1 Å². The Hall–Kier alpha value is -1.93. The fourth-order valence-electron chi connectivity index (χ4n) is 1.57. The smallest absolute Gasteiger partial charge is 0.242 e. The molecule has 1 aromatic carbocycles. The molecule has 19 heavy (non-hydrogen) atoms. The summed E-state index contributed by atoms with van der Waals surface area (Å²) in [5.41, 5.74) is 5.38. The van der Waals surface area contributed by atoms with Crippen molar-refractivity contribution in [2.75, 3.05) is 12.3 Å². The molecule has 0 aliphatic carbocycles. The molecule has 0 radical (unpaired) electrons. The number of rotatable bonds is 5. The third-order valence-electron chi connectivity index (χ3n) is 2.45. The monoisotopic (exact) mass is 284 g/mol. The topological polar surface area (TPSA) is 90.0 Å². The number of nitrogen functional groups attached to an aromatic ring is 1. The van der Waals surface area contributed by atoms with E-state index >= 15 is 0 Å². The summed E-state index contributed by atoms with van der Waals surface area (Å²) in [7, 11) is -3.74. The summed E-state index contributed by atoms with van der Waals surface area (Å²) in [6.45, 7) is 0.564. The molecule has 1 heterocycles. The summed E-state index contributed by atoms with van der Waals surface area (Å²) < 4.78 is 40.7. The van der Waals surface area contributed by atoms with Crippen LogP contribution in [0, 0.1) is 5.82 Å². The first-order valence-corrected chi connectivity index (χ1v) is 6.99. The third-order valence-corrected chi connectivity index (χ3v) is 3.99. The Balaban J connectivity index is 2.05. The summed E-state index contributed by atoms with van der Waals surface area (Å²) in [5, 5.41) is 3.95. The molecule has 6 nitrogen and oxygen atoms in total. The number of aromatic nitrogens is 2. The zero-order valence-corrected chi connectivity index (χ0v) is 10.8. The molecule has 0 unspecified atom stereocenters. The maximum Gasteiger partial charge on any atom is 0.242 e. The Kier molecular flexibility index (Phi) is 3.82. The maximum absolute atomic E-state index is 12.9. The van der Waals surface area contributed by atoms with Crippen LogP contribution in [0.3, 0.4) is 0 Å². The Morgan fingerprint density at radius 1 is 1.42 bits per heavy atom. The summed E-state index contributed by atoms with van der Waals surface area (Å²) >= 11 is 0. The van der Waals surface area contributed by atoms with Crippen molar-refractivity contribution in [3.63, 3.8) is 0 Å². The lowest BCUT2D eigenvalue weighted by atomic mass is 10.3. The molecule has 0 bridgehead atoms. The largest absolute Gasteiger partial charge is 0.398 e. The van der Waals surface area contributed by atoms with Gasteiger partial charge in [-0.15, -0.1) is 0 Å². The predicted octanol–water partition coefficient (Wildman–Crippen LogP) is 0.583. The van der Waals surface area contributed by atoms with E-state index in [2.05, 4.69) is 9.82 Å². The van der Waals surface area contributed by atoms with Gasteiger partial charge < -0.3 is 5.73 Å². The van der Waals surface area contributed by atoms with Gasteiger partial charge in [0.05, 0.1) is 12.2 Å². The summed E-state index contributed by atoms with van der Waals surface area (Å²) in [5.74, 6) is -0.576. The van der Waals surface area contributed by atoms with Crippen molar-refractivity contribution in [3.8, 4) is 0 Å². The van der Waals surface area contributed by atoms with Gasteiger partial charge in [0.2, 0.25) is 10.0 Å². The molecule has 0 aliphatic rings. The SMILES string of the molecule is Nc1cc(F)ccc1S(=O)(=O)NCCn1cccn1. The summed E-state index contributed by atoms with van der Waals surface area (Å²) in [4.78, 5) is -0.130. The van der Waals surface area contributed by atoms with E-state index in [-0.39, 0.29) is 17.1 Å². The van der Waals surface area contributed by atoms with Crippen molar-refractivity contribution in [1.82, 2.24) is 14.5 Å². The van der Waals surface area contributed by atoms with Crippen LogP contribution in [-0.2, 0) is 16.6 Å². The van der Waals surface area contributed by atoms with E-state index in [4.69, 9.17) is 5.73 Å². The molecule has 2 rings (SSSR count). The number of nitrogens with zero attached hydrogens (tertiary/aromatic N) is 2. The molecule has 0 aliphatic heterocycles. The van der Waals surface area contributed by atoms with Crippen molar-refractivity contribution < 1.29 is 12.8 Å². The molecular weight excluding hydrogens is 271 g/mol. The van der Waals surface area contributed by atoms with Crippen LogP contribution >= 0.6 is 0 Å². The van der Waals surface area contributed by atoms with E-state index in [0.717, 1.165) is 18.2 Å². The van der Waals surface area contributed by atoms with Crippen LogP contribution in [0.1, 0.15) is 0 Å². The molecule has 2 aromatic rings. The third kappa shape index (κ3) is 3.30. The average Bonchev–Trinajstić information content (AvgIpc) is 2.81. The molecule has 0 atom stereocenters. The van der Waals surface area contributed by atoms with Crippen LogP contribution < -0.4 is 10.5 Å². The number of benzene rings is 1. The van der Waals surface area contributed by atoms with Gasteiger partial charge in [0, 0.05) is 18.9 Å². The van der Waals surface area contributed by atoms with Crippen molar-refractivity contribution in [1.29, 1.82) is 0 Å². The first-order chi connectivity index (χ1) is 8.99. The molecule has 0 saturated heterocycles. The van der Waals surface area contributed by atoms with E-state index in [9.17, 15) is 12.8 Å². The van der Waals surface area contributed by atoms with Crippen LogP contribution in [0.25, 0.3) is 0 Å². The fraction of sp³-hybridized carbons (Fsp3) is 0.182. The average molecular weight is 284 g/mol. The molecule has 0 amide bonds. The zero-order chi connectivity index (χ0) is 13.9. The van der Waals surface area contributed by atoms with Crippen LogP contribution in [0.4, 0.5) is 10.1 Å². The molecule has 0 saturated carbocycles. The molecule has 8 heteroatoms.